The SMILES string of the molecule is CCCCC(CCCC)C(F)(F)F. The highest BCUT2D eigenvalue weighted by atomic mass is 19.4. The minimum Gasteiger partial charge on any atom is -0.171 e. The molecule has 0 radical (unpaired) electrons. The average molecular weight is 196 g/mol. The molecule has 0 fully saturated rings. The molecule has 0 spiro atoms. The second-order valence-corrected chi connectivity index (χ2v) is 3.52. The van der Waals surface area contributed by atoms with Crippen LogP contribution in [0, 0.1) is 5.92 Å². The van der Waals surface area contributed by atoms with Gasteiger partial charge in [0.05, 0.1) is 5.92 Å². The maximum absolute atomic E-state index is 12.4. The van der Waals surface area contributed by atoms with E-state index >= 15 is 0 Å². The first-order chi connectivity index (χ1) is 6.02. The molecule has 80 valence electrons. The molecule has 0 bridgehead atoms. The summed E-state index contributed by atoms with van der Waals surface area (Å²) in [5, 5.41) is 0. The molecule has 0 amide bonds. The molecule has 13 heavy (non-hydrogen) atoms. The highest BCUT2D eigenvalue weighted by Gasteiger charge is 2.37. The minimum atomic E-state index is -3.98. The summed E-state index contributed by atoms with van der Waals surface area (Å²) in [6.07, 6.45) is -0.302. The van der Waals surface area contributed by atoms with Crippen molar-refractivity contribution in [2.75, 3.05) is 0 Å². The standard InChI is InChI=1S/C10H19F3/c1-3-5-7-9(8-6-4-2)10(11,12)13/h9H,3-8H2,1-2H3. The Balaban J connectivity index is 3.88. The number of unbranched alkanes of at least 4 members (excludes halogenated alkanes) is 2. The van der Waals surface area contributed by atoms with Crippen molar-refractivity contribution in [3.63, 3.8) is 0 Å². The van der Waals surface area contributed by atoms with Gasteiger partial charge in [-0.25, -0.2) is 0 Å². The topological polar surface area (TPSA) is 0 Å². The fraction of sp³-hybridized carbons (Fsp3) is 1.00. The van der Waals surface area contributed by atoms with Gasteiger partial charge in [-0.2, -0.15) is 13.2 Å². The predicted molar refractivity (Wildman–Crippen MR) is 48.6 cm³/mol. The van der Waals surface area contributed by atoms with Crippen LogP contribution in [0.25, 0.3) is 0 Å². The smallest absolute Gasteiger partial charge is 0.171 e. The zero-order chi connectivity index (χ0) is 10.3. The molecule has 0 saturated carbocycles. The van der Waals surface area contributed by atoms with Gasteiger partial charge in [-0.3, -0.25) is 0 Å². The lowest BCUT2D eigenvalue weighted by molar-refractivity contribution is -0.178. The van der Waals surface area contributed by atoms with Crippen molar-refractivity contribution in [3.8, 4) is 0 Å². The minimum absolute atomic E-state index is 0.306. The van der Waals surface area contributed by atoms with Crippen molar-refractivity contribution in [2.45, 2.75) is 58.5 Å². The number of alkyl halides is 3. The number of hydrogen-bond acceptors (Lipinski definition) is 0. The Labute approximate surface area is 78.5 Å². The van der Waals surface area contributed by atoms with Crippen LogP contribution in [0.1, 0.15) is 52.4 Å². The first-order valence-electron chi connectivity index (χ1n) is 5.09. The van der Waals surface area contributed by atoms with E-state index in [2.05, 4.69) is 0 Å². The largest absolute Gasteiger partial charge is 0.391 e. The number of hydrogen-bond donors (Lipinski definition) is 0. The van der Waals surface area contributed by atoms with Crippen molar-refractivity contribution in [3.05, 3.63) is 0 Å². The van der Waals surface area contributed by atoms with E-state index in [0.29, 0.717) is 25.7 Å². The fourth-order valence-corrected chi connectivity index (χ4v) is 1.37. The Morgan fingerprint density at radius 3 is 1.54 bits per heavy atom. The second-order valence-electron chi connectivity index (χ2n) is 3.52. The molecule has 0 N–H and O–H groups in total. The van der Waals surface area contributed by atoms with E-state index in [1.807, 2.05) is 13.8 Å². The van der Waals surface area contributed by atoms with Crippen molar-refractivity contribution in [1.29, 1.82) is 0 Å². The second kappa shape index (κ2) is 6.28. The molecule has 0 aliphatic heterocycles. The van der Waals surface area contributed by atoms with Gasteiger partial charge in [0.15, 0.2) is 0 Å². The molecule has 0 heterocycles. The summed E-state index contributed by atoms with van der Waals surface area (Å²) in [4.78, 5) is 0. The zero-order valence-corrected chi connectivity index (χ0v) is 8.45. The lowest BCUT2D eigenvalue weighted by Gasteiger charge is -2.19. The third-order valence-electron chi connectivity index (χ3n) is 2.28. The van der Waals surface area contributed by atoms with Gasteiger partial charge in [0.1, 0.15) is 0 Å². The summed E-state index contributed by atoms with van der Waals surface area (Å²) in [5.41, 5.74) is 0. The van der Waals surface area contributed by atoms with E-state index in [-0.39, 0.29) is 0 Å². The predicted octanol–water partition coefficient (Wildman–Crippen LogP) is 4.55. The molecule has 0 aliphatic carbocycles. The monoisotopic (exact) mass is 196 g/mol. The summed E-state index contributed by atoms with van der Waals surface area (Å²) in [6.45, 7) is 3.85. The van der Waals surface area contributed by atoms with Gasteiger partial charge in [0.2, 0.25) is 0 Å². The Morgan fingerprint density at radius 2 is 1.31 bits per heavy atom. The van der Waals surface area contributed by atoms with Crippen molar-refractivity contribution < 1.29 is 13.2 Å². The van der Waals surface area contributed by atoms with Crippen molar-refractivity contribution >= 4 is 0 Å². The normalized spacial score (nSPS) is 12.5. The molecule has 0 unspecified atom stereocenters. The van der Waals surface area contributed by atoms with E-state index in [9.17, 15) is 13.2 Å². The fourth-order valence-electron chi connectivity index (χ4n) is 1.37. The first-order valence-corrected chi connectivity index (χ1v) is 5.09. The van der Waals surface area contributed by atoms with Crippen molar-refractivity contribution in [2.24, 2.45) is 5.92 Å². The molecule has 0 saturated heterocycles. The van der Waals surface area contributed by atoms with E-state index in [1.165, 1.54) is 0 Å². The first kappa shape index (κ1) is 12.8. The molecule has 0 aromatic heterocycles. The Morgan fingerprint density at radius 1 is 0.923 bits per heavy atom. The summed E-state index contributed by atoms with van der Waals surface area (Å²) in [6, 6.07) is 0. The zero-order valence-electron chi connectivity index (χ0n) is 8.45. The van der Waals surface area contributed by atoms with Crippen LogP contribution in [0.4, 0.5) is 13.2 Å². The van der Waals surface area contributed by atoms with Crippen LogP contribution in [0.5, 0.6) is 0 Å². The van der Waals surface area contributed by atoms with Crippen LogP contribution >= 0.6 is 0 Å². The molecule has 3 heteroatoms. The molecule has 0 atom stereocenters. The van der Waals surface area contributed by atoms with Gasteiger partial charge >= 0.3 is 6.18 Å². The summed E-state index contributed by atoms with van der Waals surface area (Å²) < 4.78 is 37.1. The van der Waals surface area contributed by atoms with Crippen LogP contribution in [-0.4, -0.2) is 6.18 Å². The molecule has 0 nitrogen and oxygen atoms in total. The average Bonchev–Trinajstić information content (AvgIpc) is 2.02. The van der Waals surface area contributed by atoms with E-state index in [1.54, 1.807) is 0 Å². The summed E-state index contributed by atoms with van der Waals surface area (Å²) in [7, 11) is 0. The van der Waals surface area contributed by atoms with E-state index < -0.39 is 12.1 Å². The van der Waals surface area contributed by atoms with Gasteiger partial charge in [0.25, 0.3) is 0 Å². The van der Waals surface area contributed by atoms with Crippen LogP contribution in [0.3, 0.4) is 0 Å². The maximum atomic E-state index is 12.4. The van der Waals surface area contributed by atoms with E-state index in [0.717, 1.165) is 12.8 Å². The Bertz CT molecular complexity index is 110. The summed E-state index contributed by atoms with van der Waals surface area (Å²) >= 11 is 0. The number of rotatable bonds is 6. The van der Waals surface area contributed by atoms with Crippen LogP contribution in [-0.2, 0) is 0 Å². The number of halogens is 3. The van der Waals surface area contributed by atoms with Crippen LogP contribution in [0.2, 0.25) is 0 Å². The molecule has 0 aromatic carbocycles. The van der Waals surface area contributed by atoms with Crippen molar-refractivity contribution in [1.82, 2.24) is 0 Å². The third-order valence-corrected chi connectivity index (χ3v) is 2.28. The molecular formula is C10H19F3. The molecule has 0 aromatic rings. The lowest BCUT2D eigenvalue weighted by Crippen LogP contribution is -2.22. The highest BCUT2D eigenvalue weighted by molar-refractivity contribution is 4.67. The maximum Gasteiger partial charge on any atom is 0.391 e. The molecular weight excluding hydrogens is 177 g/mol. The van der Waals surface area contributed by atoms with Crippen LogP contribution in [0.15, 0.2) is 0 Å². The van der Waals surface area contributed by atoms with Gasteiger partial charge in [0, 0.05) is 0 Å². The molecule has 0 aliphatic rings. The Kier molecular flexibility index (Phi) is 6.17. The molecule has 0 rings (SSSR count). The van der Waals surface area contributed by atoms with E-state index in [4.69, 9.17) is 0 Å². The van der Waals surface area contributed by atoms with Crippen LogP contribution < -0.4 is 0 Å². The van der Waals surface area contributed by atoms with Gasteiger partial charge in [-0.05, 0) is 12.8 Å². The summed E-state index contributed by atoms with van der Waals surface area (Å²) in [5.74, 6) is -1.06. The highest BCUT2D eigenvalue weighted by Crippen LogP contribution is 2.33. The van der Waals surface area contributed by atoms with Gasteiger partial charge in [-0.1, -0.05) is 39.5 Å². The Hall–Kier alpha value is -0.210. The quantitative estimate of drug-likeness (QED) is 0.584. The van der Waals surface area contributed by atoms with Gasteiger partial charge in [-0.15, -0.1) is 0 Å². The lowest BCUT2D eigenvalue weighted by atomic mass is 9.95. The third kappa shape index (κ3) is 5.94. The van der Waals surface area contributed by atoms with Gasteiger partial charge < -0.3 is 0 Å².